The van der Waals surface area contributed by atoms with Gasteiger partial charge in [0.05, 0.1) is 0 Å². The van der Waals surface area contributed by atoms with Gasteiger partial charge in [-0.05, 0) is 76.3 Å². The van der Waals surface area contributed by atoms with E-state index in [2.05, 4.69) is 35.0 Å². The van der Waals surface area contributed by atoms with E-state index in [0.717, 1.165) is 69.7 Å². The Morgan fingerprint density at radius 1 is 1.12 bits per heavy atom. The van der Waals surface area contributed by atoms with E-state index >= 15 is 0 Å². The molecule has 1 saturated heterocycles. The van der Waals surface area contributed by atoms with E-state index in [1.807, 2.05) is 31.0 Å². The van der Waals surface area contributed by atoms with Gasteiger partial charge >= 0.3 is 0 Å². The van der Waals surface area contributed by atoms with Gasteiger partial charge in [0.15, 0.2) is 0 Å². The molecule has 1 aromatic heterocycles. The Hall–Kier alpha value is -2.14. The van der Waals surface area contributed by atoms with Gasteiger partial charge in [0.1, 0.15) is 17.4 Å². The molecular formula is C27H41N3O2. The molecule has 1 aliphatic rings. The molecule has 32 heavy (non-hydrogen) atoms. The maximum absolute atomic E-state index is 12.2. The van der Waals surface area contributed by atoms with Crippen LogP contribution in [0.15, 0.2) is 30.5 Å². The Kier molecular flexibility index (Phi) is 9.79. The summed E-state index contributed by atoms with van der Waals surface area (Å²) in [5.74, 6) is 1.23. The normalized spacial score (nSPS) is 15.2. The number of aromatic nitrogens is 1. The summed E-state index contributed by atoms with van der Waals surface area (Å²) in [4.78, 5) is 21.2. The highest BCUT2D eigenvalue weighted by Gasteiger charge is 2.22. The summed E-state index contributed by atoms with van der Waals surface area (Å²) < 4.78 is 6.52. The van der Waals surface area contributed by atoms with Crippen molar-refractivity contribution in [2.45, 2.75) is 78.2 Å². The summed E-state index contributed by atoms with van der Waals surface area (Å²) in [7, 11) is 0. The van der Waals surface area contributed by atoms with Crippen LogP contribution in [0.4, 0.5) is 0 Å². The van der Waals surface area contributed by atoms with Crippen LogP contribution in [-0.2, 0) is 11.2 Å². The van der Waals surface area contributed by atoms with Crippen LogP contribution in [0.25, 0.3) is 10.9 Å². The second kappa shape index (κ2) is 12.8. The van der Waals surface area contributed by atoms with Crippen molar-refractivity contribution in [1.29, 1.82) is 0 Å². The van der Waals surface area contributed by atoms with Crippen LogP contribution in [0, 0.1) is 0 Å². The van der Waals surface area contributed by atoms with E-state index in [0.29, 0.717) is 6.42 Å². The fraction of sp³-hybridized carbons (Fsp3) is 0.630. The third-order valence-corrected chi connectivity index (χ3v) is 6.61. The summed E-state index contributed by atoms with van der Waals surface area (Å²) in [5.41, 5.74) is 2.33. The molecule has 0 bridgehead atoms. The number of carbonyl (C=O) groups is 1. The lowest BCUT2D eigenvalue weighted by Crippen LogP contribution is -2.39. The lowest BCUT2D eigenvalue weighted by molar-refractivity contribution is -0.131. The molecule has 0 saturated carbocycles. The van der Waals surface area contributed by atoms with Crippen molar-refractivity contribution >= 4 is 16.8 Å². The van der Waals surface area contributed by atoms with Gasteiger partial charge in [0.25, 0.3) is 0 Å². The molecule has 0 radical (unpaired) electrons. The van der Waals surface area contributed by atoms with Gasteiger partial charge in [-0.1, -0.05) is 25.8 Å². The predicted octanol–water partition coefficient (Wildman–Crippen LogP) is 5.46. The molecule has 2 heterocycles. The molecule has 1 fully saturated rings. The van der Waals surface area contributed by atoms with Gasteiger partial charge in [-0.25, -0.2) is 0 Å². The molecule has 0 atom stereocenters. The summed E-state index contributed by atoms with van der Waals surface area (Å²) in [6.07, 6.45) is 10.6. The molecule has 2 aromatic rings. The van der Waals surface area contributed by atoms with Gasteiger partial charge in [-0.15, -0.1) is 0 Å². The molecule has 0 N–H and O–H groups in total. The minimum Gasteiger partial charge on any atom is -0.488 e. The topological polar surface area (TPSA) is 45.7 Å². The molecule has 5 nitrogen and oxygen atoms in total. The molecule has 1 aromatic carbocycles. The lowest BCUT2D eigenvalue weighted by atomic mass is 10.0. The first-order chi connectivity index (χ1) is 15.6. The smallest absolute Gasteiger partial charge is 0.222 e. The standard InChI is InChI=1S/C27H41N3O2/c1-4-7-8-11-22-20-23-12-9-16-28-27(23)25(21-22)32-24-14-18-29(19-15-24)17-10-13-26(31)30(5-2)6-3/h9,12,16,20-21,24H,4-8,10-11,13-15,17-19H2,1-3H3. The van der Waals surface area contributed by atoms with Crippen LogP contribution in [0.5, 0.6) is 5.75 Å². The number of piperidine rings is 1. The van der Waals surface area contributed by atoms with Crippen LogP contribution in [0.1, 0.15) is 71.3 Å². The molecule has 0 aliphatic carbocycles. The van der Waals surface area contributed by atoms with Crippen LogP contribution in [0.3, 0.4) is 0 Å². The Labute approximate surface area is 194 Å². The number of benzene rings is 1. The van der Waals surface area contributed by atoms with Crippen molar-refractivity contribution in [3.8, 4) is 5.75 Å². The highest BCUT2D eigenvalue weighted by molar-refractivity contribution is 5.85. The van der Waals surface area contributed by atoms with Crippen LogP contribution in [0.2, 0.25) is 0 Å². The number of hydrogen-bond donors (Lipinski definition) is 0. The highest BCUT2D eigenvalue weighted by Crippen LogP contribution is 2.29. The quantitative estimate of drug-likeness (QED) is 0.412. The molecule has 176 valence electrons. The van der Waals surface area contributed by atoms with Crippen molar-refractivity contribution in [2.24, 2.45) is 0 Å². The highest BCUT2D eigenvalue weighted by atomic mass is 16.5. The third kappa shape index (κ3) is 6.93. The molecule has 1 aliphatic heterocycles. The lowest BCUT2D eigenvalue weighted by Gasteiger charge is -2.32. The number of nitrogens with zero attached hydrogens (tertiary/aromatic N) is 3. The number of likely N-dealkylation sites (tertiary alicyclic amines) is 1. The van der Waals surface area contributed by atoms with Crippen molar-refractivity contribution in [3.63, 3.8) is 0 Å². The molecule has 1 amide bonds. The Bertz CT molecular complexity index is 842. The number of amides is 1. The van der Waals surface area contributed by atoms with Gasteiger partial charge in [-0.3, -0.25) is 9.78 Å². The van der Waals surface area contributed by atoms with E-state index in [-0.39, 0.29) is 12.0 Å². The van der Waals surface area contributed by atoms with Crippen LogP contribution < -0.4 is 4.74 Å². The molecular weight excluding hydrogens is 398 g/mol. The van der Waals surface area contributed by atoms with Gasteiger partial charge in [0.2, 0.25) is 5.91 Å². The van der Waals surface area contributed by atoms with Crippen molar-refractivity contribution in [3.05, 3.63) is 36.0 Å². The van der Waals surface area contributed by atoms with Crippen molar-refractivity contribution < 1.29 is 9.53 Å². The summed E-state index contributed by atoms with van der Waals surface area (Å²) in [6, 6.07) is 8.63. The van der Waals surface area contributed by atoms with Crippen molar-refractivity contribution in [1.82, 2.24) is 14.8 Å². The molecule has 0 unspecified atom stereocenters. The maximum atomic E-state index is 12.2. The minimum absolute atomic E-state index is 0.236. The molecule has 5 heteroatoms. The Morgan fingerprint density at radius 2 is 1.91 bits per heavy atom. The fourth-order valence-electron chi connectivity index (χ4n) is 4.65. The number of aryl methyl sites for hydroxylation is 1. The zero-order valence-electron chi connectivity index (χ0n) is 20.3. The van der Waals surface area contributed by atoms with E-state index in [1.165, 1.54) is 30.2 Å². The maximum Gasteiger partial charge on any atom is 0.222 e. The van der Waals surface area contributed by atoms with E-state index in [9.17, 15) is 4.79 Å². The summed E-state index contributed by atoms with van der Waals surface area (Å²) in [6.45, 7) is 11.0. The summed E-state index contributed by atoms with van der Waals surface area (Å²) in [5, 5.41) is 1.17. The van der Waals surface area contributed by atoms with Crippen molar-refractivity contribution in [2.75, 3.05) is 32.7 Å². The van der Waals surface area contributed by atoms with E-state index in [1.54, 1.807) is 0 Å². The minimum atomic E-state index is 0.236. The first kappa shape index (κ1) is 24.5. The predicted molar refractivity (Wildman–Crippen MR) is 132 cm³/mol. The largest absolute Gasteiger partial charge is 0.488 e. The molecule has 3 rings (SSSR count). The van der Waals surface area contributed by atoms with Crippen LogP contribution in [-0.4, -0.2) is 59.5 Å². The number of unbranched alkanes of at least 4 members (excludes halogenated alkanes) is 2. The number of fused-ring (bicyclic) bond motifs is 1. The zero-order chi connectivity index (χ0) is 22.8. The monoisotopic (exact) mass is 439 g/mol. The number of rotatable bonds is 12. The fourth-order valence-corrected chi connectivity index (χ4v) is 4.65. The zero-order valence-corrected chi connectivity index (χ0v) is 20.3. The number of carbonyl (C=O) groups excluding carboxylic acids is 1. The number of pyridine rings is 1. The van der Waals surface area contributed by atoms with E-state index in [4.69, 9.17) is 4.74 Å². The van der Waals surface area contributed by atoms with Gasteiger partial charge in [0, 0.05) is 44.2 Å². The third-order valence-electron chi connectivity index (χ3n) is 6.61. The Balaban J connectivity index is 1.51. The molecule has 0 spiro atoms. The first-order valence-corrected chi connectivity index (χ1v) is 12.7. The average molecular weight is 440 g/mol. The SMILES string of the molecule is CCCCCc1cc(OC2CCN(CCCC(=O)N(CC)CC)CC2)c2ncccc2c1. The second-order valence-electron chi connectivity index (χ2n) is 8.95. The van der Waals surface area contributed by atoms with Gasteiger partial charge in [-0.2, -0.15) is 0 Å². The van der Waals surface area contributed by atoms with Crippen LogP contribution >= 0.6 is 0 Å². The summed E-state index contributed by atoms with van der Waals surface area (Å²) >= 11 is 0. The number of hydrogen-bond acceptors (Lipinski definition) is 4. The van der Waals surface area contributed by atoms with Gasteiger partial charge < -0.3 is 14.5 Å². The number of ether oxygens (including phenoxy) is 1. The second-order valence-corrected chi connectivity index (χ2v) is 8.95. The Morgan fingerprint density at radius 3 is 2.62 bits per heavy atom. The van der Waals surface area contributed by atoms with E-state index < -0.39 is 0 Å². The first-order valence-electron chi connectivity index (χ1n) is 12.7. The average Bonchev–Trinajstić information content (AvgIpc) is 2.81.